The van der Waals surface area contributed by atoms with Gasteiger partial charge in [-0.15, -0.1) is 22.9 Å². The van der Waals surface area contributed by atoms with Gasteiger partial charge in [0.15, 0.2) is 0 Å². The Balaban J connectivity index is 2.37. The van der Waals surface area contributed by atoms with E-state index in [0.29, 0.717) is 5.02 Å². The Bertz CT molecular complexity index is 433. The molecule has 15 heavy (non-hydrogen) atoms. The SMILES string of the molecule is Clc1cc(Br)cc(C(Cl)c2cccs2)c1. The van der Waals surface area contributed by atoms with E-state index in [0.717, 1.165) is 14.9 Å². The first-order chi connectivity index (χ1) is 7.16. The molecule has 0 aliphatic carbocycles. The third-order valence-electron chi connectivity index (χ3n) is 1.97. The zero-order valence-electron chi connectivity index (χ0n) is 7.58. The third kappa shape index (κ3) is 2.76. The van der Waals surface area contributed by atoms with Crippen LogP contribution in [0.2, 0.25) is 5.02 Å². The average molecular weight is 322 g/mol. The Hall–Kier alpha value is -0.0200. The second-order valence-electron chi connectivity index (χ2n) is 3.08. The zero-order valence-corrected chi connectivity index (χ0v) is 11.5. The maximum atomic E-state index is 6.35. The van der Waals surface area contributed by atoms with E-state index < -0.39 is 0 Å². The summed E-state index contributed by atoms with van der Waals surface area (Å²) in [4.78, 5) is 1.13. The Morgan fingerprint density at radius 1 is 1.27 bits per heavy atom. The molecule has 1 unspecified atom stereocenters. The van der Waals surface area contributed by atoms with Crippen molar-refractivity contribution in [3.8, 4) is 0 Å². The quantitative estimate of drug-likeness (QED) is 0.641. The molecule has 0 radical (unpaired) electrons. The lowest BCUT2D eigenvalue weighted by molar-refractivity contribution is 1.18. The molecule has 4 heteroatoms. The van der Waals surface area contributed by atoms with Gasteiger partial charge >= 0.3 is 0 Å². The molecule has 2 aromatic rings. The minimum Gasteiger partial charge on any atom is -0.147 e. The van der Waals surface area contributed by atoms with Crippen molar-refractivity contribution in [1.29, 1.82) is 0 Å². The largest absolute Gasteiger partial charge is 0.147 e. The summed E-state index contributed by atoms with van der Waals surface area (Å²) < 4.78 is 0.951. The van der Waals surface area contributed by atoms with Crippen molar-refractivity contribution in [2.75, 3.05) is 0 Å². The van der Waals surface area contributed by atoms with E-state index in [1.807, 2.05) is 35.7 Å². The van der Waals surface area contributed by atoms with Gasteiger partial charge in [-0.1, -0.05) is 33.6 Å². The van der Waals surface area contributed by atoms with Crippen LogP contribution in [0.3, 0.4) is 0 Å². The van der Waals surface area contributed by atoms with Crippen LogP contribution >= 0.6 is 50.5 Å². The first-order valence-corrected chi connectivity index (χ1v) is 6.79. The van der Waals surface area contributed by atoms with Gasteiger partial charge in [0.05, 0.1) is 5.38 Å². The van der Waals surface area contributed by atoms with Crippen molar-refractivity contribution < 1.29 is 0 Å². The Labute approximate surface area is 111 Å². The molecule has 1 heterocycles. The summed E-state index contributed by atoms with van der Waals surface area (Å²) in [5.74, 6) is 0. The number of hydrogen-bond donors (Lipinski definition) is 0. The van der Waals surface area contributed by atoms with Gasteiger partial charge in [-0.05, 0) is 35.2 Å². The molecule has 0 amide bonds. The van der Waals surface area contributed by atoms with Gasteiger partial charge in [-0.2, -0.15) is 0 Å². The smallest absolute Gasteiger partial charge is 0.0928 e. The van der Waals surface area contributed by atoms with Crippen molar-refractivity contribution in [3.63, 3.8) is 0 Å². The highest BCUT2D eigenvalue weighted by atomic mass is 79.9. The molecule has 0 aliphatic rings. The molecule has 0 bridgehead atoms. The molecule has 1 atom stereocenters. The molecule has 0 saturated carbocycles. The highest BCUT2D eigenvalue weighted by Gasteiger charge is 2.12. The van der Waals surface area contributed by atoms with Crippen molar-refractivity contribution in [2.24, 2.45) is 0 Å². The molecule has 1 aromatic carbocycles. The van der Waals surface area contributed by atoms with E-state index in [9.17, 15) is 0 Å². The van der Waals surface area contributed by atoms with E-state index in [2.05, 4.69) is 15.9 Å². The van der Waals surface area contributed by atoms with Crippen molar-refractivity contribution in [1.82, 2.24) is 0 Å². The maximum Gasteiger partial charge on any atom is 0.0928 e. The monoisotopic (exact) mass is 320 g/mol. The molecular weight excluding hydrogens is 315 g/mol. The van der Waals surface area contributed by atoms with Gasteiger partial charge in [0.25, 0.3) is 0 Å². The summed E-state index contributed by atoms with van der Waals surface area (Å²) in [6.07, 6.45) is 0. The van der Waals surface area contributed by atoms with Gasteiger partial charge < -0.3 is 0 Å². The van der Waals surface area contributed by atoms with E-state index >= 15 is 0 Å². The van der Waals surface area contributed by atoms with E-state index in [-0.39, 0.29) is 5.38 Å². The molecule has 1 aromatic heterocycles. The molecular formula is C11H7BrCl2S. The summed E-state index contributed by atoms with van der Waals surface area (Å²) in [6, 6.07) is 9.75. The highest BCUT2D eigenvalue weighted by Crippen LogP contribution is 2.34. The van der Waals surface area contributed by atoms with Crippen molar-refractivity contribution in [3.05, 3.63) is 55.6 Å². The summed E-state index contributed by atoms with van der Waals surface area (Å²) in [7, 11) is 0. The number of benzene rings is 1. The van der Waals surface area contributed by atoms with Crippen LogP contribution in [0.15, 0.2) is 40.2 Å². The van der Waals surface area contributed by atoms with Gasteiger partial charge in [0.1, 0.15) is 0 Å². The van der Waals surface area contributed by atoms with E-state index in [1.54, 1.807) is 11.3 Å². The molecule has 0 nitrogen and oxygen atoms in total. The van der Waals surface area contributed by atoms with Crippen molar-refractivity contribution >= 4 is 50.5 Å². The minimum atomic E-state index is -0.125. The molecule has 78 valence electrons. The number of rotatable bonds is 2. The lowest BCUT2D eigenvalue weighted by atomic mass is 10.1. The maximum absolute atomic E-state index is 6.35. The number of thiophene rings is 1. The molecule has 0 fully saturated rings. The fourth-order valence-electron chi connectivity index (χ4n) is 1.32. The van der Waals surface area contributed by atoms with Crippen LogP contribution in [0.1, 0.15) is 15.8 Å². The molecule has 0 aliphatic heterocycles. The van der Waals surface area contributed by atoms with Crippen LogP contribution in [0.4, 0.5) is 0 Å². The molecule has 0 saturated heterocycles. The lowest BCUT2D eigenvalue weighted by Crippen LogP contribution is -1.90. The van der Waals surface area contributed by atoms with E-state index in [4.69, 9.17) is 23.2 Å². The molecule has 0 spiro atoms. The number of halogens is 3. The minimum absolute atomic E-state index is 0.125. The van der Waals surface area contributed by atoms with Gasteiger partial charge in [0.2, 0.25) is 0 Å². The first kappa shape index (κ1) is 11.5. The highest BCUT2D eigenvalue weighted by molar-refractivity contribution is 9.10. The van der Waals surface area contributed by atoms with Crippen LogP contribution < -0.4 is 0 Å². The average Bonchev–Trinajstić information content (AvgIpc) is 2.67. The molecule has 2 rings (SSSR count). The topological polar surface area (TPSA) is 0 Å². The number of hydrogen-bond acceptors (Lipinski definition) is 1. The Kier molecular flexibility index (Phi) is 3.73. The summed E-state index contributed by atoms with van der Waals surface area (Å²) in [5.41, 5.74) is 1.01. The summed E-state index contributed by atoms with van der Waals surface area (Å²) >= 11 is 17.4. The predicted molar refractivity (Wildman–Crippen MR) is 71.2 cm³/mol. The second kappa shape index (κ2) is 4.88. The number of alkyl halides is 1. The van der Waals surface area contributed by atoms with Gasteiger partial charge in [-0.25, -0.2) is 0 Å². The Morgan fingerprint density at radius 2 is 2.07 bits per heavy atom. The van der Waals surface area contributed by atoms with Crippen LogP contribution in [0, 0.1) is 0 Å². The van der Waals surface area contributed by atoms with Crippen LogP contribution in [0.5, 0.6) is 0 Å². The van der Waals surface area contributed by atoms with Crippen LogP contribution in [-0.4, -0.2) is 0 Å². The fourth-order valence-corrected chi connectivity index (χ4v) is 3.29. The summed E-state index contributed by atoms with van der Waals surface area (Å²) in [5, 5.41) is 2.59. The van der Waals surface area contributed by atoms with Gasteiger partial charge in [-0.3, -0.25) is 0 Å². The van der Waals surface area contributed by atoms with Gasteiger partial charge in [0, 0.05) is 14.4 Å². The molecule has 0 N–H and O–H groups in total. The fraction of sp³-hybridized carbons (Fsp3) is 0.0909. The first-order valence-electron chi connectivity index (χ1n) is 4.30. The second-order valence-corrected chi connectivity index (χ2v) is 5.85. The normalized spacial score (nSPS) is 12.7. The lowest BCUT2D eigenvalue weighted by Gasteiger charge is -2.08. The summed E-state index contributed by atoms with van der Waals surface area (Å²) in [6.45, 7) is 0. The zero-order chi connectivity index (χ0) is 10.8. The van der Waals surface area contributed by atoms with E-state index in [1.165, 1.54) is 0 Å². The predicted octanol–water partition coefficient (Wildman–Crippen LogP) is 5.49. The van der Waals surface area contributed by atoms with Crippen LogP contribution in [-0.2, 0) is 0 Å². The third-order valence-corrected chi connectivity index (χ3v) is 4.20. The van der Waals surface area contributed by atoms with Crippen LogP contribution in [0.25, 0.3) is 0 Å². The van der Waals surface area contributed by atoms with Crippen molar-refractivity contribution in [2.45, 2.75) is 5.38 Å². The Morgan fingerprint density at radius 3 is 2.67 bits per heavy atom. The standard InChI is InChI=1S/C11H7BrCl2S/c12-8-4-7(5-9(13)6-8)11(14)10-2-1-3-15-10/h1-6,11H.